The van der Waals surface area contributed by atoms with Gasteiger partial charge in [-0.1, -0.05) is 198 Å². The molecule has 0 fully saturated rings. The van der Waals surface area contributed by atoms with Crippen molar-refractivity contribution in [2.45, 2.75) is 18.4 Å². The Hall–Kier alpha value is -9.55. The monoisotopic (exact) mass is 1080 g/mol. The second-order valence-corrected chi connectivity index (χ2v) is 18.6. The van der Waals surface area contributed by atoms with Gasteiger partial charge in [-0.2, -0.15) is 0 Å². The number of hydroxylamine groups is 1. The molecule has 380 valence electrons. The van der Waals surface area contributed by atoms with E-state index >= 15 is 0 Å². The van der Waals surface area contributed by atoms with Crippen molar-refractivity contribution in [3.05, 3.63) is 288 Å². The summed E-state index contributed by atoms with van der Waals surface area (Å²) >= 11 is 3.27. The lowest BCUT2D eigenvalue weighted by Gasteiger charge is -2.12. The van der Waals surface area contributed by atoms with E-state index in [1.807, 2.05) is 97.1 Å². The number of hydrogen-bond donors (Lipinski definition) is 5. The average molecular weight is 1080 g/mol. The Morgan fingerprint density at radius 3 is 1.21 bits per heavy atom. The van der Waals surface area contributed by atoms with Gasteiger partial charge < -0.3 is 24.3 Å². The number of aromatic amines is 1. The van der Waals surface area contributed by atoms with Crippen molar-refractivity contribution < 1.29 is 29.8 Å². The van der Waals surface area contributed by atoms with E-state index in [0.29, 0.717) is 29.8 Å². The van der Waals surface area contributed by atoms with Crippen LogP contribution in [0.15, 0.2) is 255 Å². The summed E-state index contributed by atoms with van der Waals surface area (Å²) in [6.45, 7) is 1.39. The van der Waals surface area contributed by atoms with Crippen LogP contribution in [0.4, 0.5) is 0 Å². The van der Waals surface area contributed by atoms with Crippen LogP contribution in [-0.2, 0) is 18.4 Å². The number of aromatic nitrogens is 3. The summed E-state index contributed by atoms with van der Waals surface area (Å²) in [4.78, 5) is 36.3. The SMILES string of the molecule is O=C(NO)c1ccc(Cn2c(-c3ccccc3)cc3ccccc32)cc1.O=C(O)c1ccc(CBr)cc1.O=C(O)c1ccc(Cn2c(-c3ccccc3)cc3ccccc32)cc1.c1ccc(-c2cc3ccccc3[nH]2)cc1. The molecule has 77 heavy (non-hydrogen) atoms. The second kappa shape index (κ2) is 25.1. The normalized spacial score (nSPS) is 10.6. The lowest BCUT2D eigenvalue weighted by atomic mass is 10.1. The molecule has 0 unspecified atom stereocenters. The van der Waals surface area contributed by atoms with Gasteiger partial charge in [-0.15, -0.1) is 0 Å². The third kappa shape index (κ3) is 13.0. The molecule has 1 amide bonds. The first-order chi connectivity index (χ1) is 37.6. The van der Waals surface area contributed by atoms with Gasteiger partial charge in [0.05, 0.1) is 11.1 Å². The van der Waals surface area contributed by atoms with Crippen LogP contribution < -0.4 is 5.48 Å². The molecule has 0 radical (unpaired) electrons. The van der Waals surface area contributed by atoms with Crippen LogP contribution in [0, 0.1) is 0 Å². The standard InChI is InChI=1S/C22H18N2O2.C22H17NO2.C14H11N.C8H7BrO2/c25-22(23-26)18-12-10-16(11-13-18)15-24-20-9-5-4-8-19(20)14-21(24)17-6-2-1-3-7-17;24-22(25)18-12-10-16(11-13-18)15-23-20-9-5-4-8-19(20)14-21(23)17-6-2-1-3-7-17;1-2-6-11(7-3-1)14-10-12-8-4-5-9-13(12)15-14;9-5-6-1-3-7(4-2-6)8(10)11/h1-14,26H,15H2,(H,23,25);1-14H,15H2,(H,24,25);1-10,15H;1-4H,5H2,(H,10,11). The van der Waals surface area contributed by atoms with E-state index in [9.17, 15) is 14.4 Å². The molecule has 0 atom stereocenters. The molecule has 0 bridgehead atoms. The van der Waals surface area contributed by atoms with E-state index in [1.165, 1.54) is 55.1 Å². The summed E-state index contributed by atoms with van der Waals surface area (Å²) in [7, 11) is 0. The Bertz CT molecular complexity index is 3860. The fourth-order valence-corrected chi connectivity index (χ4v) is 9.36. The molecule has 12 rings (SSSR count). The number of benzene rings is 9. The zero-order chi connectivity index (χ0) is 53.5. The molecular formula is C66H53BrN4O6. The van der Waals surface area contributed by atoms with Crippen molar-refractivity contribution >= 4 is 66.5 Å². The summed E-state index contributed by atoms with van der Waals surface area (Å²) < 4.78 is 4.56. The number of nitrogens with one attached hydrogen (secondary N) is 2. The highest BCUT2D eigenvalue weighted by molar-refractivity contribution is 9.08. The largest absolute Gasteiger partial charge is 0.478 e. The fourth-order valence-electron chi connectivity index (χ4n) is 8.98. The maximum absolute atomic E-state index is 11.5. The molecule has 3 aromatic heterocycles. The van der Waals surface area contributed by atoms with Crippen molar-refractivity contribution in [1.29, 1.82) is 0 Å². The highest BCUT2D eigenvalue weighted by Gasteiger charge is 2.14. The van der Waals surface area contributed by atoms with Crippen LogP contribution in [0.2, 0.25) is 0 Å². The lowest BCUT2D eigenvalue weighted by Crippen LogP contribution is -2.18. The van der Waals surface area contributed by atoms with Gasteiger partial charge in [0.15, 0.2) is 0 Å². The maximum atomic E-state index is 11.5. The maximum Gasteiger partial charge on any atom is 0.335 e. The number of H-pyrrole nitrogens is 1. The van der Waals surface area contributed by atoms with Gasteiger partial charge in [0.2, 0.25) is 0 Å². The van der Waals surface area contributed by atoms with Gasteiger partial charge in [0.1, 0.15) is 0 Å². The number of nitrogens with zero attached hydrogens (tertiary/aromatic N) is 2. The minimum Gasteiger partial charge on any atom is -0.478 e. The second-order valence-electron chi connectivity index (χ2n) is 18.0. The molecular weight excluding hydrogens is 1020 g/mol. The lowest BCUT2D eigenvalue weighted by molar-refractivity contribution is 0.0686. The molecule has 11 heteroatoms. The van der Waals surface area contributed by atoms with Crippen molar-refractivity contribution in [1.82, 2.24) is 19.6 Å². The smallest absolute Gasteiger partial charge is 0.335 e. The first kappa shape index (κ1) is 52.3. The number of para-hydroxylation sites is 3. The molecule has 0 aliphatic rings. The highest BCUT2D eigenvalue weighted by Crippen LogP contribution is 2.31. The molecule has 0 saturated heterocycles. The van der Waals surface area contributed by atoms with E-state index in [4.69, 9.17) is 15.4 Å². The van der Waals surface area contributed by atoms with Crippen molar-refractivity contribution in [3.63, 3.8) is 0 Å². The van der Waals surface area contributed by atoms with Crippen molar-refractivity contribution in [3.8, 4) is 33.8 Å². The van der Waals surface area contributed by atoms with E-state index in [-0.39, 0.29) is 0 Å². The van der Waals surface area contributed by atoms with Crippen LogP contribution in [0.1, 0.15) is 47.8 Å². The zero-order valence-corrected chi connectivity index (χ0v) is 43.3. The predicted molar refractivity (Wildman–Crippen MR) is 312 cm³/mol. The van der Waals surface area contributed by atoms with Crippen LogP contribution in [0.3, 0.4) is 0 Å². The highest BCUT2D eigenvalue weighted by atomic mass is 79.9. The van der Waals surface area contributed by atoms with Crippen LogP contribution in [0.5, 0.6) is 0 Å². The number of amides is 1. The number of alkyl halides is 1. The number of carbonyl (C=O) groups is 3. The van der Waals surface area contributed by atoms with E-state index in [2.05, 4.69) is 139 Å². The van der Waals surface area contributed by atoms with E-state index in [1.54, 1.807) is 54.0 Å². The summed E-state index contributed by atoms with van der Waals surface area (Å²) in [5.74, 6) is -2.29. The number of hydrogen-bond acceptors (Lipinski definition) is 4. The molecule has 0 aliphatic carbocycles. The number of aromatic carboxylic acids is 2. The topological polar surface area (TPSA) is 150 Å². The molecule has 5 N–H and O–H groups in total. The zero-order valence-electron chi connectivity index (χ0n) is 41.7. The third-order valence-electron chi connectivity index (χ3n) is 12.9. The van der Waals surface area contributed by atoms with Crippen molar-refractivity contribution in [2.24, 2.45) is 0 Å². The minimum absolute atomic E-state index is 0.310. The van der Waals surface area contributed by atoms with Crippen LogP contribution >= 0.6 is 15.9 Å². The first-order valence-electron chi connectivity index (χ1n) is 24.8. The van der Waals surface area contributed by atoms with Crippen LogP contribution in [-0.4, -0.2) is 47.4 Å². The molecule has 3 heterocycles. The van der Waals surface area contributed by atoms with Crippen LogP contribution in [0.25, 0.3) is 66.5 Å². The quantitative estimate of drug-likeness (QED) is 0.0495. The number of carbonyl (C=O) groups excluding carboxylic acids is 1. The molecule has 0 aliphatic heterocycles. The Kier molecular flexibility index (Phi) is 17.1. The fraction of sp³-hybridized carbons (Fsp3) is 0.0455. The third-order valence-corrected chi connectivity index (χ3v) is 13.6. The number of carboxylic acids is 2. The number of fused-ring (bicyclic) bond motifs is 3. The van der Waals surface area contributed by atoms with Gasteiger partial charge >= 0.3 is 11.9 Å². The molecule has 9 aromatic carbocycles. The summed E-state index contributed by atoms with van der Waals surface area (Å²) in [5.41, 5.74) is 16.5. The van der Waals surface area contributed by atoms with Gasteiger partial charge in [0.25, 0.3) is 5.91 Å². The summed E-state index contributed by atoms with van der Waals surface area (Å²) in [5, 5.41) is 30.8. The van der Waals surface area contributed by atoms with Gasteiger partial charge in [-0.3, -0.25) is 10.0 Å². The van der Waals surface area contributed by atoms with E-state index in [0.717, 1.165) is 33.4 Å². The van der Waals surface area contributed by atoms with Crippen molar-refractivity contribution in [2.75, 3.05) is 0 Å². The molecule has 0 saturated carbocycles. The predicted octanol–water partition coefficient (Wildman–Crippen LogP) is 15.6. The molecule has 12 aromatic rings. The number of halogens is 1. The minimum atomic E-state index is -0.900. The van der Waals surface area contributed by atoms with Gasteiger partial charge in [0, 0.05) is 73.8 Å². The summed E-state index contributed by atoms with van der Waals surface area (Å²) in [6, 6.07) is 83.7. The Morgan fingerprint density at radius 1 is 0.416 bits per heavy atom. The first-order valence-corrected chi connectivity index (χ1v) is 25.9. The Labute approximate surface area is 453 Å². The van der Waals surface area contributed by atoms with Gasteiger partial charge in [-0.05, 0) is 106 Å². The number of carboxylic acid groups (broad SMARTS) is 2. The number of rotatable bonds is 11. The average Bonchev–Trinajstić information content (AvgIpc) is 4.24. The molecule has 10 nitrogen and oxygen atoms in total. The van der Waals surface area contributed by atoms with E-state index < -0.39 is 17.8 Å². The van der Waals surface area contributed by atoms with Gasteiger partial charge in [-0.25, -0.2) is 15.1 Å². The summed E-state index contributed by atoms with van der Waals surface area (Å²) in [6.07, 6.45) is 0. The Balaban J connectivity index is 0.000000132. The molecule has 0 spiro atoms. The Morgan fingerprint density at radius 2 is 0.792 bits per heavy atom.